The molecular weight excluding hydrogens is 551 g/mol. The first-order chi connectivity index (χ1) is 17.8. The molecule has 38 heavy (non-hydrogen) atoms. The Bertz CT molecular complexity index is 1450. The van der Waals surface area contributed by atoms with Gasteiger partial charge in [0, 0.05) is 5.56 Å². The smallest absolute Gasteiger partial charge is 0.417 e. The second-order valence-corrected chi connectivity index (χ2v) is 10.0. The van der Waals surface area contributed by atoms with Gasteiger partial charge in [0.15, 0.2) is 0 Å². The molecule has 1 amide bonds. The lowest BCUT2D eigenvalue weighted by Gasteiger charge is -2.22. The van der Waals surface area contributed by atoms with Crippen molar-refractivity contribution in [1.82, 2.24) is 5.43 Å². The molecule has 0 fully saturated rings. The number of rotatable bonds is 9. The van der Waals surface area contributed by atoms with Gasteiger partial charge in [-0.25, -0.2) is 18.6 Å². The van der Waals surface area contributed by atoms with Gasteiger partial charge in [-0.1, -0.05) is 23.7 Å². The third-order valence-electron chi connectivity index (χ3n) is 4.92. The predicted molar refractivity (Wildman–Crippen MR) is 134 cm³/mol. The van der Waals surface area contributed by atoms with Crippen molar-refractivity contribution >= 4 is 45.4 Å². The van der Waals surface area contributed by atoms with Crippen molar-refractivity contribution in [1.29, 1.82) is 0 Å². The highest BCUT2D eigenvalue weighted by Crippen LogP contribution is 2.37. The van der Waals surface area contributed by atoms with Gasteiger partial charge >= 0.3 is 12.1 Å². The van der Waals surface area contributed by atoms with Gasteiger partial charge in [-0.3, -0.25) is 9.10 Å². The van der Waals surface area contributed by atoms with E-state index in [9.17, 15) is 31.2 Å². The Morgan fingerprint density at radius 3 is 2.42 bits per heavy atom. The maximum absolute atomic E-state index is 13.2. The molecule has 9 nitrogen and oxygen atoms in total. The first kappa shape index (κ1) is 28.7. The van der Waals surface area contributed by atoms with Gasteiger partial charge in [0.1, 0.15) is 18.1 Å². The fourth-order valence-electron chi connectivity index (χ4n) is 3.18. The Hall–Kier alpha value is -3.84. The quantitative estimate of drug-likeness (QED) is 0.226. The van der Waals surface area contributed by atoms with E-state index in [-0.39, 0.29) is 12.4 Å². The maximum atomic E-state index is 13.2. The van der Waals surface area contributed by atoms with Gasteiger partial charge in [0.05, 0.1) is 40.9 Å². The molecule has 3 aromatic rings. The minimum absolute atomic E-state index is 0.238. The van der Waals surface area contributed by atoms with Gasteiger partial charge in [0.2, 0.25) is 10.0 Å². The third-order valence-corrected chi connectivity index (χ3v) is 6.39. The van der Waals surface area contributed by atoms with Crippen LogP contribution in [0.4, 0.5) is 18.9 Å². The van der Waals surface area contributed by atoms with Crippen LogP contribution >= 0.6 is 11.6 Å². The van der Waals surface area contributed by atoms with Gasteiger partial charge in [-0.2, -0.15) is 18.3 Å². The largest absolute Gasteiger partial charge is 0.462 e. The molecule has 0 radical (unpaired) electrons. The van der Waals surface area contributed by atoms with Crippen molar-refractivity contribution < 1.29 is 40.3 Å². The summed E-state index contributed by atoms with van der Waals surface area (Å²) in [6.45, 7) is 1.12. The molecular formula is C24H21ClF3N3O6S. The lowest BCUT2D eigenvalue weighted by Crippen LogP contribution is -2.39. The minimum Gasteiger partial charge on any atom is -0.462 e. The van der Waals surface area contributed by atoms with E-state index in [0.717, 1.165) is 24.6 Å². The van der Waals surface area contributed by atoms with E-state index in [1.54, 1.807) is 43.3 Å². The second-order valence-electron chi connectivity index (χ2n) is 7.72. The SMILES string of the molecule is CCOC(=O)c1ccc(-c2ccc(/C=N\NC(=O)CN(c3ccc(Cl)c(C(F)(F)F)c3)S(C)(=O)=O)o2)cc1. The summed E-state index contributed by atoms with van der Waals surface area (Å²) in [5.74, 6) is -0.688. The van der Waals surface area contributed by atoms with Crippen LogP contribution in [0.15, 0.2) is 64.1 Å². The summed E-state index contributed by atoms with van der Waals surface area (Å²) < 4.78 is 75.0. The average Bonchev–Trinajstić information content (AvgIpc) is 3.31. The van der Waals surface area contributed by atoms with Crippen molar-refractivity contribution in [2.24, 2.45) is 5.10 Å². The van der Waals surface area contributed by atoms with E-state index in [4.69, 9.17) is 20.8 Å². The summed E-state index contributed by atoms with van der Waals surface area (Å²) in [6.07, 6.45) is -2.92. The number of alkyl halides is 3. The number of hydrogen-bond donors (Lipinski definition) is 1. The molecule has 1 aromatic heterocycles. The molecule has 1 N–H and O–H groups in total. The van der Waals surface area contributed by atoms with Gasteiger partial charge < -0.3 is 9.15 Å². The van der Waals surface area contributed by atoms with Crippen LogP contribution in [0.2, 0.25) is 5.02 Å². The summed E-state index contributed by atoms with van der Waals surface area (Å²) >= 11 is 5.59. The minimum atomic E-state index is -4.83. The van der Waals surface area contributed by atoms with E-state index in [0.29, 0.717) is 27.3 Å². The molecule has 0 saturated carbocycles. The standard InChI is InChI=1S/C24H21ClF3N3O6S/c1-3-36-23(33)16-6-4-15(5-7-16)21-11-9-18(37-21)13-29-30-22(32)14-31(38(2,34)35)17-8-10-20(25)19(12-17)24(26,27)28/h4-13H,3,14H2,1-2H3,(H,30,32)/b29-13-. The van der Waals surface area contributed by atoms with Crippen LogP contribution in [0.1, 0.15) is 28.6 Å². The monoisotopic (exact) mass is 571 g/mol. The molecule has 3 rings (SSSR count). The van der Waals surface area contributed by atoms with Gasteiger partial charge in [0.25, 0.3) is 5.91 Å². The van der Waals surface area contributed by atoms with Crippen LogP contribution < -0.4 is 9.73 Å². The number of anilines is 1. The number of furan rings is 1. The number of esters is 1. The number of hydrogen-bond acceptors (Lipinski definition) is 7. The topological polar surface area (TPSA) is 118 Å². The van der Waals surface area contributed by atoms with E-state index in [2.05, 4.69) is 10.5 Å². The number of halogens is 4. The second kappa shape index (κ2) is 11.7. The molecule has 0 aliphatic heterocycles. The highest BCUT2D eigenvalue weighted by molar-refractivity contribution is 7.92. The van der Waals surface area contributed by atoms with Crippen LogP contribution in [0.3, 0.4) is 0 Å². The zero-order chi connectivity index (χ0) is 28.1. The molecule has 0 aliphatic carbocycles. The molecule has 202 valence electrons. The lowest BCUT2D eigenvalue weighted by molar-refractivity contribution is -0.137. The van der Waals surface area contributed by atoms with E-state index in [1.165, 1.54) is 0 Å². The van der Waals surface area contributed by atoms with Crippen LogP contribution in [-0.4, -0.2) is 45.9 Å². The van der Waals surface area contributed by atoms with E-state index >= 15 is 0 Å². The summed E-state index contributed by atoms with van der Waals surface area (Å²) in [5, 5.41) is 3.09. The van der Waals surface area contributed by atoms with Gasteiger partial charge in [-0.15, -0.1) is 0 Å². The third kappa shape index (κ3) is 7.35. The zero-order valence-electron chi connectivity index (χ0n) is 20.0. The Labute approximate surface area is 220 Å². The molecule has 0 saturated heterocycles. The normalized spacial score (nSPS) is 11.9. The van der Waals surface area contributed by atoms with E-state index in [1.807, 2.05) is 0 Å². The number of nitrogens with one attached hydrogen (secondary N) is 1. The Kier molecular flexibility index (Phi) is 8.84. The highest BCUT2D eigenvalue weighted by Gasteiger charge is 2.34. The van der Waals surface area contributed by atoms with Crippen molar-refractivity contribution in [2.75, 3.05) is 23.7 Å². The number of amides is 1. The maximum Gasteiger partial charge on any atom is 0.417 e. The summed E-state index contributed by atoms with van der Waals surface area (Å²) in [7, 11) is -4.14. The summed E-state index contributed by atoms with van der Waals surface area (Å²) in [5.41, 5.74) is 1.50. The number of sulfonamides is 1. The van der Waals surface area contributed by atoms with E-state index < -0.39 is 50.9 Å². The van der Waals surface area contributed by atoms with Crippen LogP contribution in [-0.2, 0) is 25.7 Å². The number of carbonyl (C=O) groups excluding carboxylic acids is 2. The molecule has 0 atom stereocenters. The first-order valence-electron chi connectivity index (χ1n) is 10.8. The highest BCUT2D eigenvalue weighted by atomic mass is 35.5. The Morgan fingerprint density at radius 1 is 1.13 bits per heavy atom. The van der Waals surface area contributed by atoms with Crippen molar-refractivity contribution in [2.45, 2.75) is 13.1 Å². The van der Waals surface area contributed by atoms with Crippen LogP contribution in [0, 0.1) is 0 Å². The summed E-state index contributed by atoms with van der Waals surface area (Å²) in [6, 6.07) is 12.2. The molecule has 0 bridgehead atoms. The fraction of sp³-hybridized carbons (Fsp3) is 0.208. The van der Waals surface area contributed by atoms with Crippen molar-refractivity contribution in [3.8, 4) is 11.3 Å². The molecule has 0 aliphatic rings. The predicted octanol–water partition coefficient (Wildman–Crippen LogP) is 4.71. The van der Waals surface area contributed by atoms with Crippen molar-refractivity contribution in [3.05, 3.63) is 76.5 Å². The molecule has 0 unspecified atom stereocenters. The van der Waals surface area contributed by atoms with Crippen molar-refractivity contribution in [3.63, 3.8) is 0 Å². The molecule has 1 heterocycles. The average molecular weight is 572 g/mol. The van der Waals surface area contributed by atoms with Gasteiger partial charge in [-0.05, 0) is 49.4 Å². The number of benzene rings is 2. The molecule has 2 aromatic carbocycles. The number of ether oxygens (including phenoxy) is 1. The first-order valence-corrected chi connectivity index (χ1v) is 13.1. The number of carbonyl (C=O) groups is 2. The van der Waals surface area contributed by atoms with Crippen LogP contribution in [0.25, 0.3) is 11.3 Å². The summed E-state index contributed by atoms with van der Waals surface area (Å²) in [4.78, 5) is 24.1. The number of hydrazone groups is 1. The molecule has 14 heteroatoms. The fourth-order valence-corrected chi connectivity index (χ4v) is 4.25. The van der Waals surface area contributed by atoms with Crippen LogP contribution in [0.5, 0.6) is 0 Å². The Balaban J connectivity index is 1.67. The zero-order valence-corrected chi connectivity index (χ0v) is 21.5. The Morgan fingerprint density at radius 2 is 1.82 bits per heavy atom. The number of nitrogens with zero attached hydrogens (tertiary/aromatic N) is 2. The molecule has 0 spiro atoms. The lowest BCUT2D eigenvalue weighted by atomic mass is 10.1.